The lowest BCUT2D eigenvalue weighted by Crippen LogP contribution is -2.53. The number of rotatable bonds is 9. The topological polar surface area (TPSA) is 50.4 Å². The Labute approximate surface area is 243 Å². The first-order chi connectivity index (χ1) is 19.7. The minimum absolute atomic E-state index is 0.0974. The van der Waals surface area contributed by atoms with Crippen LogP contribution in [0.2, 0.25) is 0 Å². The van der Waals surface area contributed by atoms with Gasteiger partial charge in [-0.05, 0) is 54.2 Å². The van der Waals surface area contributed by atoms with Gasteiger partial charge in [0.2, 0.25) is 0 Å². The summed E-state index contributed by atoms with van der Waals surface area (Å²) in [6.07, 6.45) is -15.8. The van der Waals surface area contributed by atoms with Crippen molar-refractivity contribution in [3.8, 4) is 5.75 Å². The zero-order chi connectivity index (χ0) is 32.4. The van der Waals surface area contributed by atoms with Crippen LogP contribution in [0, 0.1) is 17.6 Å². The third-order valence-electron chi connectivity index (χ3n) is 6.12. The van der Waals surface area contributed by atoms with Gasteiger partial charge in [0.05, 0.1) is 11.1 Å². The Bertz CT molecular complexity index is 1390. The van der Waals surface area contributed by atoms with E-state index in [4.69, 9.17) is 0 Å². The molecule has 0 aromatic heterocycles. The highest BCUT2D eigenvalue weighted by Gasteiger charge is 2.46. The van der Waals surface area contributed by atoms with Crippen LogP contribution in [0.25, 0.3) is 0 Å². The summed E-state index contributed by atoms with van der Waals surface area (Å²) < 4.78 is 166. The number of hydrogen-bond acceptors (Lipinski definition) is 2. The highest BCUT2D eigenvalue weighted by Crippen LogP contribution is 2.43. The number of urea groups is 1. The Balaban J connectivity index is 2.31. The van der Waals surface area contributed by atoms with Crippen LogP contribution in [-0.4, -0.2) is 31.3 Å². The second-order valence-corrected chi connectivity index (χ2v) is 10.2. The fourth-order valence-electron chi connectivity index (χ4n) is 4.28. The second kappa shape index (κ2) is 12.7. The highest BCUT2D eigenvalue weighted by atomic mass is 79.9. The molecule has 17 heteroatoms. The summed E-state index contributed by atoms with van der Waals surface area (Å²) >= 11 is 3.19. The molecular weight excluding hydrogens is 680 g/mol. The molecule has 1 aliphatic rings. The lowest BCUT2D eigenvalue weighted by atomic mass is 9.74. The van der Waals surface area contributed by atoms with Crippen molar-refractivity contribution in [1.82, 2.24) is 10.6 Å². The Kier molecular flexibility index (Phi) is 10.1. The number of ether oxygens (including phenoxy) is 1. The van der Waals surface area contributed by atoms with Gasteiger partial charge in [-0.25, -0.2) is 13.6 Å². The number of halogens is 13. The van der Waals surface area contributed by atoms with Crippen LogP contribution in [0.15, 0.2) is 59.1 Å². The lowest BCUT2D eigenvalue weighted by molar-refractivity contribution is -0.253. The fourth-order valence-corrected chi connectivity index (χ4v) is 4.62. The first-order valence-corrected chi connectivity index (χ1v) is 12.7. The number of allylic oxidation sites excluding steroid dienone is 4. The summed E-state index contributed by atoms with van der Waals surface area (Å²) in [6.45, 7) is -1.93. The summed E-state index contributed by atoms with van der Waals surface area (Å²) in [6, 6.07) is 0.849. The Morgan fingerprint density at radius 3 is 2.21 bits per heavy atom. The number of nitrogens with one attached hydrogen (secondary N) is 2. The molecule has 2 aromatic carbocycles. The van der Waals surface area contributed by atoms with Crippen molar-refractivity contribution in [2.45, 2.75) is 43.3 Å². The predicted octanol–water partition coefficient (Wildman–Crippen LogP) is 8.57. The summed E-state index contributed by atoms with van der Waals surface area (Å²) in [4.78, 5) is 12.8. The van der Waals surface area contributed by atoms with Gasteiger partial charge in [0.15, 0.2) is 0 Å². The Morgan fingerprint density at radius 2 is 1.65 bits per heavy atom. The molecule has 0 spiro atoms. The monoisotopic (exact) mass is 698 g/mol. The molecule has 1 aliphatic carbocycles. The van der Waals surface area contributed by atoms with Gasteiger partial charge in [0.1, 0.15) is 23.9 Å². The maximum atomic E-state index is 14.8. The number of benzene rings is 2. The standard InChI is InChI=1S/C26H19BrF12N2O2/c27-16-4-1-13(2-5-16)11-23(41-22(42)40-12-24(32,33)34,14-3-6-20(29)19(9-14)25(35,36)37)15-7-17(28)10-18(8-15)43-26(38,39)21(30)31/h1,3-10,13,21H,2,11-12H2,(H2,40,41,42)/t13?,23-/m1/s1. The van der Waals surface area contributed by atoms with Gasteiger partial charge in [0.25, 0.3) is 0 Å². The van der Waals surface area contributed by atoms with E-state index in [9.17, 15) is 57.5 Å². The van der Waals surface area contributed by atoms with Gasteiger partial charge in [-0.3, -0.25) is 0 Å². The van der Waals surface area contributed by atoms with Crippen LogP contribution < -0.4 is 15.4 Å². The smallest absolute Gasteiger partial charge is 0.428 e. The fraction of sp³-hybridized carbons (Fsp3) is 0.346. The average Bonchev–Trinajstić information content (AvgIpc) is 2.87. The molecule has 2 atom stereocenters. The van der Waals surface area contributed by atoms with Gasteiger partial charge in [0, 0.05) is 10.5 Å². The van der Waals surface area contributed by atoms with Crippen molar-refractivity contribution in [3.63, 3.8) is 0 Å². The zero-order valence-corrected chi connectivity index (χ0v) is 22.8. The molecule has 4 nitrogen and oxygen atoms in total. The summed E-state index contributed by atoms with van der Waals surface area (Å²) in [5, 5.41) is 3.52. The summed E-state index contributed by atoms with van der Waals surface area (Å²) in [5.41, 5.74) is -5.76. The van der Waals surface area contributed by atoms with E-state index in [0.717, 1.165) is 0 Å². The molecule has 2 amide bonds. The normalized spacial score (nSPS) is 17.3. The molecule has 0 fully saturated rings. The van der Waals surface area contributed by atoms with Crippen molar-refractivity contribution in [2.24, 2.45) is 5.92 Å². The van der Waals surface area contributed by atoms with Crippen molar-refractivity contribution in [3.05, 3.63) is 87.4 Å². The van der Waals surface area contributed by atoms with Crippen LogP contribution in [0.4, 0.5) is 57.5 Å². The molecule has 2 N–H and O–H groups in total. The molecule has 43 heavy (non-hydrogen) atoms. The van der Waals surface area contributed by atoms with E-state index in [0.29, 0.717) is 28.7 Å². The first kappa shape index (κ1) is 34.1. The number of amides is 2. The van der Waals surface area contributed by atoms with E-state index in [2.05, 4.69) is 26.0 Å². The summed E-state index contributed by atoms with van der Waals surface area (Å²) in [7, 11) is 0. The van der Waals surface area contributed by atoms with E-state index in [1.54, 1.807) is 6.08 Å². The van der Waals surface area contributed by atoms with E-state index >= 15 is 0 Å². The number of alkyl halides is 10. The predicted molar refractivity (Wildman–Crippen MR) is 132 cm³/mol. The second-order valence-electron chi connectivity index (χ2n) is 9.31. The van der Waals surface area contributed by atoms with Gasteiger partial charge in [-0.15, -0.1) is 0 Å². The van der Waals surface area contributed by atoms with Crippen LogP contribution in [0.1, 0.15) is 29.5 Å². The molecular formula is C26H19BrF12N2O2. The molecule has 0 bridgehead atoms. The van der Waals surface area contributed by atoms with Crippen molar-refractivity contribution in [1.29, 1.82) is 0 Å². The number of carbonyl (C=O) groups is 1. The Morgan fingerprint density at radius 1 is 0.977 bits per heavy atom. The molecule has 0 radical (unpaired) electrons. The van der Waals surface area contributed by atoms with E-state index in [1.807, 2.05) is 0 Å². The van der Waals surface area contributed by atoms with Crippen LogP contribution in [0.3, 0.4) is 0 Å². The third-order valence-corrected chi connectivity index (χ3v) is 6.71. The van der Waals surface area contributed by atoms with Crippen LogP contribution >= 0.6 is 15.9 Å². The SMILES string of the molecule is O=C(NCC(F)(F)F)N[C@@](CC1C=CC(Br)=CC1)(c1cc(F)cc(OC(F)(F)C(F)F)c1)c1ccc(F)c(C(F)(F)F)c1. The largest absolute Gasteiger partial charge is 0.461 e. The van der Waals surface area contributed by atoms with E-state index in [-0.39, 0.29) is 18.6 Å². The van der Waals surface area contributed by atoms with Crippen LogP contribution in [-0.2, 0) is 11.7 Å². The average molecular weight is 699 g/mol. The summed E-state index contributed by atoms with van der Waals surface area (Å²) in [5.74, 6) is -5.27. The van der Waals surface area contributed by atoms with E-state index < -0.39 is 89.4 Å². The first-order valence-electron chi connectivity index (χ1n) is 11.9. The molecule has 0 saturated carbocycles. The highest BCUT2D eigenvalue weighted by molar-refractivity contribution is 9.11. The minimum atomic E-state index is -5.34. The number of hydrogen-bond donors (Lipinski definition) is 2. The van der Waals surface area contributed by atoms with Gasteiger partial charge in [-0.2, -0.15) is 43.9 Å². The molecule has 0 saturated heterocycles. The van der Waals surface area contributed by atoms with Gasteiger partial charge < -0.3 is 15.4 Å². The van der Waals surface area contributed by atoms with Crippen LogP contribution in [0.5, 0.6) is 5.75 Å². The molecule has 1 unspecified atom stereocenters. The number of carbonyl (C=O) groups excluding carboxylic acids is 1. The maximum Gasteiger partial charge on any atom is 0.461 e. The van der Waals surface area contributed by atoms with E-state index in [1.165, 1.54) is 17.5 Å². The van der Waals surface area contributed by atoms with Crippen molar-refractivity contribution < 1.29 is 62.2 Å². The maximum absolute atomic E-state index is 14.8. The van der Waals surface area contributed by atoms with Gasteiger partial charge in [-0.1, -0.05) is 40.2 Å². The quantitative estimate of drug-likeness (QED) is 0.258. The van der Waals surface area contributed by atoms with Crippen molar-refractivity contribution >= 4 is 22.0 Å². The minimum Gasteiger partial charge on any atom is -0.428 e. The third kappa shape index (κ3) is 8.83. The van der Waals surface area contributed by atoms with Gasteiger partial charge >= 0.3 is 30.9 Å². The Hall–Kier alpha value is -3.37. The zero-order valence-electron chi connectivity index (χ0n) is 21.2. The molecule has 236 valence electrons. The molecule has 2 aromatic rings. The lowest BCUT2D eigenvalue weighted by Gasteiger charge is -2.39. The van der Waals surface area contributed by atoms with Crippen molar-refractivity contribution in [2.75, 3.05) is 6.54 Å². The molecule has 0 aliphatic heterocycles. The molecule has 3 rings (SSSR count). The molecule has 0 heterocycles.